The van der Waals surface area contributed by atoms with Crippen molar-refractivity contribution in [1.82, 2.24) is 19.7 Å². The van der Waals surface area contributed by atoms with Gasteiger partial charge in [-0.25, -0.2) is 4.98 Å². The maximum atomic E-state index is 12.9. The largest absolute Gasteiger partial charge is 0.496 e. The molecule has 0 aliphatic carbocycles. The van der Waals surface area contributed by atoms with E-state index in [-0.39, 0.29) is 5.56 Å². The number of fused-ring (bicyclic) bond motifs is 1. The number of hydrogen-bond donors (Lipinski definition) is 1. The first-order chi connectivity index (χ1) is 16.5. The number of aromatic nitrogens is 4. The topological polar surface area (TPSA) is 99.1 Å². The van der Waals surface area contributed by atoms with E-state index in [1.54, 1.807) is 24.9 Å². The molecule has 8 heteroatoms. The summed E-state index contributed by atoms with van der Waals surface area (Å²) in [5.41, 5.74) is 4.86. The van der Waals surface area contributed by atoms with Crippen LogP contribution in [0.25, 0.3) is 22.4 Å². The third-order valence-electron chi connectivity index (χ3n) is 5.68. The smallest absolute Gasteiger partial charge is 0.277 e. The predicted octanol–water partition coefficient (Wildman–Crippen LogP) is 4.09. The van der Waals surface area contributed by atoms with Crippen LogP contribution >= 0.6 is 0 Å². The first kappa shape index (κ1) is 23.2. The zero-order valence-corrected chi connectivity index (χ0v) is 19.8. The molecule has 0 unspecified atom stereocenters. The molecule has 8 nitrogen and oxygen atoms in total. The fraction of sp³-hybridized carbons (Fsp3) is 0.308. The Kier molecular flexibility index (Phi) is 6.77. The van der Waals surface area contributed by atoms with E-state index in [1.807, 2.05) is 37.3 Å². The number of rotatable bonds is 9. The number of aromatic amines is 1. The van der Waals surface area contributed by atoms with Crippen LogP contribution in [-0.4, -0.2) is 39.8 Å². The second-order valence-electron chi connectivity index (χ2n) is 8.07. The minimum absolute atomic E-state index is 0.237. The van der Waals surface area contributed by atoms with Gasteiger partial charge >= 0.3 is 0 Å². The van der Waals surface area contributed by atoms with Gasteiger partial charge in [0.15, 0.2) is 11.8 Å². The van der Waals surface area contributed by atoms with E-state index in [9.17, 15) is 9.59 Å². The zero-order chi connectivity index (χ0) is 24.2. The van der Waals surface area contributed by atoms with Crippen molar-refractivity contribution in [2.75, 3.05) is 13.7 Å². The van der Waals surface area contributed by atoms with E-state index >= 15 is 0 Å². The van der Waals surface area contributed by atoms with Crippen molar-refractivity contribution in [3.05, 3.63) is 69.1 Å². The maximum absolute atomic E-state index is 12.9. The van der Waals surface area contributed by atoms with Crippen LogP contribution in [0.2, 0.25) is 0 Å². The summed E-state index contributed by atoms with van der Waals surface area (Å²) in [6, 6.07) is 11.4. The van der Waals surface area contributed by atoms with E-state index in [4.69, 9.17) is 14.5 Å². The number of ether oxygens (including phenoxy) is 2. The predicted molar refractivity (Wildman–Crippen MR) is 131 cm³/mol. The van der Waals surface area contributed by atoms with Gasteiger partial charge in [0.05, 0.1) is 30.5 Å². The number of carbonyl (C=O) groups is 1. The lowest BCUT2D eigenvalue weighted by atomic mass is 10.0. The van der Waals surface area contributed by atoms with Gasteiger partial charge in [0.2, 0.25) is 0 Å². The quantitative estimate of drug-likeness (QED) is 0.378. The van der Waals surface area contributed by atoms with E-state index in [2.05, 4.69) is 17.0 Å². The fourth-order valence-electron chi connectivity index (χ4n) is 4.13. The van der Waals surface area contributed by atoms with Crippen molar-refractivity contribution >= 4 is 17.3 Å². The van der Waals surface area contributed by atoms with Crippen molar-refractivity contribution in [1.29, 1.82) is 0 Å². The highest BCUT2D eigenvalue weighted by atomic mass is 16.5. The van der Waals surface area contributed by atoms with Crippen LogP contribution in [0.4, 0.5) is 0 Å². The highest BCUT2D eigenvalue weighted by molar-refractivity contribution is 5.80. The summed E-state index contributed by atoms with van der Waals surface area (Å²) in [6.07, 6.45) is 3.03. The molecule has 2 heterocycles. The van der Waals surface area contributed by atoms with Crippen LogP contribution in [0.1, 0.15) is 47.4 Å². The molecule has 176 valence electrons. The second kappa shape index (κ2) is 9.91. The molecule has 0 atom stereocenters. The molecule has 0 aliphatic rings. The Morgan fingerprint density at radius 1 is 1.09 bits per heavy atom. The van der Waals surface area contributed by atoms with Crippen molar-refractivity contribution in [2.24, 2.45) is 7.05 Å². The highest BCUT2D eigenvalue weighted by Gasteiger charge is 2.18. The summed E-state index contributed by atoms with van der Waals surface area (Å²) in [5.74, 6) is 1.63. The monoisotopic (exact) mass is 460 g/mol. The lowest BCUT2D eigenvalue weighted by molar-refractivity contribution is 0.112. The van der Waals surface area contributed by atoms with E-state index < -0.39 is 0 Å². The Morgan fingerprint density at radius 2 is 1.85 bits per heavy atom. The molecule has 0 fully saturated rings. The summed E-state index contributed by atoms with van der Waals surface area (Å²) in [5, 5.41) is 4.50. The molecule has 4 aromatic rings. The summed E-state index contributed by atoms with van der Waals surface area (Å²) in [6.45, 7) is 4.47. The van der Waals surface area contributed by atoms with Crippen LogP contribution in [0.3, 0.4) is 0 Å². The average molecular weight is 461 g/mol. The Bertz CT molecular complexity index is 1400. The molecular formula is C26H28N4O4. The molecule has 0 spiro atoms. The minimum atomic E-state index is -0.237. The van der Waals surface area contributed by atoms with Crippen LogP contribution in [0, 0.1) is 0 Å². The first-order valence-corrected chi connectivity index (χ1v) is 11.3. The Balaban J connectivity index is 1.80. The zero-order valence-electron chi connectivity index (χ0n) is 19.8. The fourth-order valence-corrected chi connectivity index (χ4v) is 4.13. The third kappa shape index (κ3) is 4.44. The number of nitrogens with zero attached hydrogens (tertiary/aromatic N) is 3. The number of nitrogens with one attached hydrogen (secondary N) is 1. The number of hydrogen-bond acceptors (Lipinski definition) is 6. The molecule has 0 radical (unpaired) electrons. The van der Waals surface area contributed by atoms with Crippen molar-refractivity contribution < 1.29 is 14.3 Å². The van der Waals surface area contributed by atoms with Gasteiger partial charge in [0.25, 0.3) is 5.56 Å². The number of H-pyrrole nitrogens is 1. The lowest BCUT2D eigenvalue weighted by Gasteiger charge is -2.13. The summed E-state index contributed by atoms with van der Waals surface area (Å²) in [7, 11) is 3.30. The molecule has 0 amide bonds. The lowest BCUT2D eigenvalue weighted by Crippen LogP contribution is -2.13. The number of benzene rings is 2. The highest BCUT2D eigenvalue weighted by Crippen LogP contribution is 2.31. The van der Waals surface area contributed by atoms with Gasteiger partial charge in [-0.2, -0.15) is 5.10 Å². The third-order valence-corrected chi connectivity index (χ3v) is 5.68. The van der Waals surface area contributed by atoms with Gasteiger partial charge in [-0.05, 0) is 55.2 Å². The van der Waals surface area contributed by atoms with Gasteiger partial charge in [-0.3, -0.25) is 14.3 Å². The van der Waals surface area contributed by atoms with E-state index in [0.717, 1.165) is 35.9 Å². The molecule has 2 aromatic heterocycles. The van der Waals surface area contributed by atoms with Crippen molar-refractivity contribution in [3.8, 4) is 22.9 Å². The van der Waals surface area contributed by atoms with Gasteiger partial charge in [0, 0.05) is 7.05 Å². The molecule has 0 aliphatic heterocycles. The maximum Gasteiger partial charge on any atom is 0.277 e. The number of aldehydes is 1. The Labute approximate surface area is 197 Å². The van der Waals surface area contributed by atoms with Gasteiger partial charge < -0.3 is 14.5 Å². The van der Waals surface area contributed by atoms with Crippen molar-refractivity contribution in [2.45, 2.75) is 33.1 Å². The molecule has 0 bridgehead atoms. The van der Waals surface area contributed by atoms with Gasteiger partial charge in [-0.15, -0.1) is 0 Å². The molecular weight excluding hydrogens is 432 g/mol. The number of aryl methyl sites for hydroxylation is 2. The van der Waals surface area contributed by atoms with E-state index in [1.165, 1.54) is 0 Å². The van der Waals surface area contributed by atoms with E-state index in [0.29, 0.717) is 52.5 Å². The molecule has 0 saturated carbocycles. The van der Waals surface area contributed by atoms with Crippen molar-refractivity contribution in [3.63, 3.8) is 0 Å². The van der Waals surface area contributed by atoms with Crippen LogP contribution in [0.15, 0.2) is 41.2 Å². The van der Waals surface area contributed by atoms with Crippen LogP contribution in [-0.2, 0) is 19.9 Å². The molecule has 1 N–H and O–H groups in total. The molecule has 2 aromatic carbocycles. The van der Waals surface area contributed by atoms with Gasteiger partial charge in [-0.1, -0.05) is 25.5 Å². The van der Waals surface area contributed by atoms with Crippen LogP contribution < -0.4 is 15.0 Å². The molecule has 4 rings (SSSR count). The molecule has 0 saturated heterocycles. The number of methoxy groups -OCH3 is 1. The Hall–Kier alpha value is -3.94. The van der Waals surface area contributed by atoms with Crippen LogP contribution in [0.5, 0.6) is 11.5 Å². The number of carbonyl (C=O) groups excluding carboxylic acids is 1. The standard InChI is InChI=1S/C26H28N4O4/c1-5-7-20-23-24(30(3)29-20)26(32)28-25(27-23)19-13-16(9-11-21(19)34-6-2)12-17-8-10-18(15-31)22(14-17)33-4/h8-11,13-15H,5-7,12H2,1-4H3,(H,27,28,32). The molecule has 34 heavy (non-hydrogen) atoms. The average Bonchev–Trinajstić information content (AvgIpc) is 3.15. The second-order valence-corrected chi connectivity index (χ2v) is 8.07. The summed E-state index contributed by atoms with van der Waals surface area (Å²) < 4.78 is 12.8. The Morgan fingerprint density at radius 3 is 2.56 bits per heavy atom. The minimum Gasteiger partial charge on any atom is -0.496 e. The summed E-state index contributed by atoms with van der Waals surface area (Å²) in [4.78, 5) is 31.9. The SMILES string of the molecule is CCCc1nn(C)c2c(=O)[nH]c(-c3cc(Cc4ccc(C=O)c(OC)c4)ccc3OCC)nc12. The first-order valence-electron chi connectivity index (χ1n) is 11.3. The normalized spacial score (nSPS) is 11.1. The van der Waals surface area contributed by atoms with Gasteiger partial charge in [0.1, 0.15) is 22.8 Å². The summed E-state index contributed by atoms with van der Waals surface area (Å²) >= 11 is 0.